The molecule has 0 radical (unpaired) electrons. The summed E-state index contributed by atoms with van der Waals surface area (Å²) in [6.07, 6.45) is 0.817. The number of para-hydroxylation sites is 1. The van der Waals surface area contributed by atoms with E-state index < -0.39 is 5.97 Å². The minimum atomic E-state index is -1.04. The predicted octanol–water partition coefficient (Wildman–Crippen LogP) is 1.54. The number of aromatic amines is 1. The Morgan fingerprint density at radius 1 is 1.45 bits per heavy atom. The Hall–Kier alpha value is -2.08. The van der Waals surface area contributed by atoms with Gasteiger partial charge in [-0.3, -0.25) is 4.57 Å². The number of aromatic carboxylic acids is 1. The fourth-order valence-electron chi connectivity index (χ4n) is 2.34. The highest BCUT2D eigenvalue weighted by Crippen LogP contribution is 2.20. The molecule has 6 heteroatoms. The van der Waals surface area contributed by atoms with E-state index in [2.05, 4.69) is 9.88 Å². The monoisotopic (exact) mass is 277 g/mol. The summed E-state index contributed by atoms with van der Waals surface area (Å²) in [5.41, 5.74) is 0.890. The standard InChI is InChI=1S/C14H19N3O3/c1-9(7-8-16(2)3)17-11-6-4-5-10(13(18)19)12(11)15-14(17)20/h4-6,9H,7-8H2,1-3H3,(H,15,20)(H,18,19). The first-order valence-corrected chi connectivity index (χ1v) is 6.53. The Morgan fingerprint density at radius 2 is 2.15 bits per heavy atom. The van der Waals surface area contributed by atoms with Gasteiger partial charge in [-0.15, -0.1) is 0 Å². The van der Waals surface area contributed by atoms with Crippen molar-refractivity contribution in [3.05, 3.63) is 34.2 Å². The quantitative estimate of drug-likeness (QED) is 0.869. The fraction of sp³-hybridized carbons (Fsp3) is 0.429. The van der Waals surface area contributed by atoms with Crippen molar-refractivity contribution in [2.75, 3.05) is 20.6 Å². The zero-order valence-corrected chi connectivity index (χ0v) is 11.9. The Balaban J connectivity index is 2.49. The zero-order chi connectivity index (χ0) is 14.9. The second-order valence-electron chi connectivity index (χ2n) is 5.25. The van der Waals surface area contributed by atoms with Gasteiger partial charge in [-0.1, -0.05) is 6.07 Å². The molecule has 2 N–H and O–H groups in total. The Bertz CT molecular complexity index is 685. The molecule has 0 aliphatic carbocycles. The van der Waals surface area contributed by atoms with Crippen LogP contribution in [0.3, 0.4) is 0 Å². The molecule has 0 saturated carbocycles. The first kappa shape index (κ1) is 14.3. The van der Waals surface area contributed by atoms with Crippen LogP contribution in [0.15, 0.2) is 23.0 Å². The van der Waals surface area contributed by atoms with Gasteiger partial charge >= 0.3 is 11.7 Å². The molecule has 0 aliphatic rings. The molecule has 0 bridgehead atoms. The van der Waals surface area contributed by atoms with E-state index in [1.807, 2.05) is 21.0 Å². The maximum Gasteiger partial charge on any atom is 0.337 e. The van der Waals surface area contributed by atoms with Gasteiger partial charge in [0, 0.05) is 6.04 Å². The number of nitrogens with zero attached hydrogens (tertiary/aromatic N) is 2. The number of imidazole rings is 1. The van der Waals surface area contributed by atoms with Crippen molar-refractivity contribution in [3.63, 3.8) is 0 Å². The van der Waals surface area contributed by atoms with Gasteiger partial charge in [0.25, 0.3) is 0 Å². The molecule has 20 heavy (non-hydrogen) atoms. The van der Waals surface area contributed by atoms with E-state index in [9.17, 15) is 9.59 Å². The van der Waals surface area contributed by atoms with Crippen LogP contribution in [0.1, 0.15) is 29.7 Å². The molecule has 0 saturated heterocycles. The summed E-state index contributed by atoms with van der Waals surface area (Å²) in [7, 11) is 3.96. The van der Waals surface area contributed by atoms with Crippen LogP contribution < -0.4 is 5.69 Å². The highest BCUT2D eigenvalue weighted by Gasteiger charge is 2.17. The van der Waals surface area contributed by atoms with Crippen molar-refractivity contribution < 1.29 is 9.90 Å². The van der Waals surface area contributed by atoms with E-state index in [0.29, 0.717) is 11.0 Å². The lowest BCUT2D eigenvalue weighted by molar-refractivity contribution is 0.0699. The molecule has 1 heterocycles. The summed E-state index contributed by atoms with van der Waals surface area (Å²) < 4.78 is 1.63. The lowest BCUT2D eigenvalue weighted by Gasteiger charge is -2.16. The van der Waals surface area contributed by atoms with E-state index in [1.54, 1.807) is 16.7 Å². The molecule has 0 amide bonds. The van der Waals surface area contributed by atoms with Crippen LogP contribution in [0, 0.1) is 0 Å². The summed E-state index contributed by atoms with van der Waals surface area (Å²) in [4.78, 5) is 28.0. The molecule has 1 aromatic carbocycles. The number of fused-ring (bicyclic) bond motifs is 1. The molecule has 6 nitrogen and oxygen atoms in total. The number of hydrogen-bond donors (Lipinski definition) is 2. The minimum absolute atomic E-state index is 0.00250. The number of carbonyl (C=O) groups is 1. The average molecular weight is 277 g/mol. The number of aromatic nitrogens is 2. The molecule has 0 spiro atoms. The van der Waals surface area contributed by atoms with Crippen LogP contribution in [0.4, 0.5) is 0 Å². The lowest BCUT2D eigenvalue weighted by atomic mass is 10.1. The van der Waals surface area contributed by atoms with Crippen molar-refractivity contribution in [2.45, 2.75) is 19.4 Å². The van der Waals surface area contributed by atoms with Gasteiger partial charge in [-0.25, -0.2) is 9.59 Å². The highest BCUT2D eigenvalue weighted by molar-refractivity contribution is 6.00. The number of benzene rings is 1. The summed E-state index contributed by atoms with van der Waals surface area (Å²) in [6, 6.07) is 4.93. The molecule has 0 aliphatic heterocycles. The maximum absolute atomic E-state index is 12.1. The number of nitrogens with one attached hydrogen (secondary N) is 1. The van der Waals surface area contributed by atoms with Crippen LogP contribution in [-0.2, 0) is 0 Å². The second kappa shape index (κ2) is 5.50. The highest BCUT2D eigenvalue weighted by atomic mass is 16.4. The molecular weight excluding hydrogens is 258 g/mol. The number of rotatable bonds is 5. The molecule has 1 atom stereocenters. The number of carboxylic acids is 1. The third kappa shape index (κ3) is 2.60. The van der Waals surface area contributed by atoms with Crippen LogP contribution in [0.25, 0.3) is 11.0 Å². The lowest BCUT2D eigenvalue weighted by Crippen LogP contribution is -2.24. The van der Waals surface area contributed by atoms with Gasteiger partial charge in [0.15, 0.2) is 0 Å². The molecule has 0 fully saturated rings. The molecule has 2 rings (SSSR count). The van der Waals surface area contributed by atoms with Crippen molar-refractivity contribution >= 4 is 17.0 Å². The third-order valence-electron chi connectivity index (χ3n) is 3.42. The van der Waals surface area contributed by atoms with Crippen molar-refractivity contribution in [1.82, 2.24) is 14.5 Å². The summed E-state index contributed by atoms with van der Waals surface area (Å²) in [5, 5.41) is 9.16. The average Bonchev–Trinajstić information content (AvgIpc) is 2.71. The predicted molar refractivity (Wildman–Crippen MR) is 77.4 cm³/mol. The molecule has 1 unspecified atom stereocenters. The third-order valence-corrected chi connectivity index (χ3v) is 3.42. The largest absolute Gasteiger partial charge is 0.478 e. The van der Waals surface area contributed by atoms with Crippen LogP contribution in [-0.4, -0.2) is 46.2 Å². The van der Waals surface area contributed by atoms with Crippen molar-refractivity contribution in [1.29, 1.82) is 0 Å². The van der Waals surface area contributed by atoms with Gasteiger partial charge in [0.2, 0.25) is 0 Å². The normalized spacial score (nSPS) is 13.0. The summed E-state index contributed by atoms with van der Waals surface area (Å²) in [6.45, 7) is 2.82. The maximum atomic E-state index is 12.1. The first-order valence-electron chi connectivity index (χ1n) is 6.53. The van der Waals surface area contributed by atoms with Crippen molar-refractivity contribution in [3.8, 4) is 0 Å². The Kier molecular flexibility index (Phi) is 3.94. The van der Waals surface area contributed by atoms with E-state index in [4.69, 9.17) is 5.11 Å². The number of hydrogen-bond acceptors (Lipinski definition) is 3. The Morgan fingerprint density at radius 3 is 2.75 bits per heavy atom. The van der Waals surface area contributed by atoms with E-state index in [0.717, 1.165) is 13.0 Å². The number of carboxylic acid groups (broad SMARTS) is 1. The van der Waals surface area contributed by atoms with Gasteiger partial charge in [-0.05, 0) is 46.1 Å². The summed E-state index contributed by atoms with van der Waals surface area (Å²) >= 11 is 0. The molecule has 108 valence electrons. The fourth-order valence-corrected chi connectivity index (χ4v) is 2.34. The SMILES string of the molecule is CC(CCN(C)C)n1c(=O)[nH]c2c(C(=O)O)cccc21. The van der Waals surface area contributed by atoms with Gasteiger partial charge in [0.1, 0.15) is 0 Å². The first-order chi connectivity index (χ1) is 9.41. The number of H-pyrrole nitrogens is 1. The molecular formula is C14H19N3O3. The van der Waals surface area contributed by atoms with Crippen molar-refractivity contribution in [2.24, 2.45) is 0 Å². The van der Waals surface area contributed by atoms with Crippen LogP contribution >= 0.6 is 0 Å². The second-order valence-corrected chi connectivity index (χ2v) is 5.25. The topological polar surface area (TPSA) is 78.3 Å². The minimum Gasteiger partial charge on any atom is -0.478 e. The zero-order valence-electron chi connectivity index (χ0n) is 11.9. The van der Waals surface area contributed by atoms with Gasteiger partial charge in [0.05, 0.1) is 16.6 Å². The van der Waals surface area contributed by atoms with E-state index >= 15 is 0 Å². The molecule has 1 aromatic heterocycles. The van der Waals surface area contributed by atoms with Crippen LogP contribution in [0.2, 0.25) is 0 Å². The van der Waals surface area contributed by atoms with E-state index in [-0.39, 0.29) is 17.3 Å². The summed E-state index contributed by atoms with van der Waals surface area (Å²) in [5.74, 6) is -1.04. The smallest absolute Gasteiger partial charge is 0.337 e. The van der Waals surface area contributed by atoms with Gasteiger partial charge in [-0.2, -0.15) is 0 Å². The Labute approximate surface area is 116 Å². The molecule has 2 aromatic rings. The van der Waals surface area contributed by atoms with Crippen LogP contribution in [0.5, 0.6) is 0 Å². The van der Waals surface area contributed by atoms with E-state index in [1.165, 1.54) is 6.07 Å². The van der Waals surface area contributed by atoms with Gasteiger partial charge < -0.3 is 15.0 Å².